The Morgan fingerprint density at radius 3 is 2.61 bits per heavy atom. The summed E-state index contributed by atoms with van der Waals surface area (Å²) in [5.41, 5.74) is 1.33. The van der Waals surface area contributed by atoms with Crippen LogP contribution in [0.25, 0.3) is 0 Å². The van der Waals surface area contributed by atoms with E-state index >= 15 is 0 Å². The maximum atomic E-state index is 9.26. The van der Waals surface area contributed by atoms with E-state index in [-0.39, 0.29) is 4.75 Å². The number of hydrogen-bond acceptors (Lipinski definition) is 3. The summed E-state index contributed by atoms with van der Waals surface area (Å²) in [7, 11) is 0. The smallest absolute Gasteiger partial charge is 0.104 e. The van der Waals surface area contributed by atoms with Gasteiger partial charge < -0.3 is 0 Å². The number of rotatable bonds is 3. The van der Waals surface area contributed by atoms with Gasteiger partial charge in [-0.3, -0.25) is 4.90 Å². The Morgan fingerprint density at radius 2 is 2.06 bits per heavy atom. The fourth-order valence-corrected chi connectivity index (χ4v) is 3.39. The number of thioether (sulfide) groups is 1. The fraction of sp³-hybridized carbons (Fsp3) is 0.500. The Kier molecular flexibility index (Phi) is 4.71. The van der Waals surface area contributed by atoms with Crippen molar-refractivity contribution in [1.82, 2.24) is 4.90 Å². The van der Waals surface area contributed by atoms with Crippen molar-refractivity contribution >= 4 is 27.7 Å². The molecule has 96 valence electrons. The number of halogens is 1. The Morgan fingerprint density at radius 1 is 1.39 bits per heavy atom. The number of piperidine rings is 1. The average molecular weight is 325 g/mol. The van der Waals surface area contributed by atoms with Crippen molar-refractivity contribution in [3.8, 4) is 6.07 Å². The minimum atomic E-state index is -0.148. The van der Waals surface area contributed by atoms with Crippen molar-refractivity contribution in [2.75, 3.05) is 19.3 Å². The lowest BCUT2D eigenvalue weighted by molar-refractivity contribution is 0.209. The molecule has 1 aromatic rings. The van der Waals surface area contributed by atoms with Crippen LogP contribution in [0.15, 0.2) is 28.7 Å². The third-order valence-corrected chi connectivity index (χ3v) is 5.66. The van der Waals surface area contributed by atoms with Crippen LogP contribution >= 0.6 is 27.7 Å². The van der Waals surface area contributed by atoms with Gasteiger partial charge in [0.2, 0.25) is 0 Å². The standard InChI is InChI=1S/C14H17BrN2S/c1-18-14(11-16)6-8-17(9-7-14)10-12-4-2-3-5-13(12)15/h2-5H,6-10H2,1H3. The number of benzene rings is 1. The molecule has 0 aliphatic carbocycles. The molecule has 0 radical (unpaired) electrons. The van der Waals surface area contributed by atoms with Crippen LogP contribution in [0.5, 0.6) is 0 Å². The minimum Gasteiger partial charge on any atom is -0.299 e. The van der Waals surface area contributed by atoms with Crippen LogP contribution in [-0.2, 0) is 6.54 Å². The largest absolute Gasteiger partial charge is 0.299 e. The summed E-state index contributed by atoms with van der Waals surface area (Å²) in [4.78, 5) is 2.44. The summed E-state index contributed by atoms with van der Waals surface area (Å²) in [6.45, 7) is 2.99. The molecule has 0 bridgehead atoms. The Hall–Kier alpha value is -0.500. The molecule has 1 heterocycles. The number of hydrogen-bond donors (Lipinski definition) is 0. The van der Waals surface area contributed by atoms with Crippen molar-refractivity contribution in [3.63, 3.8) is 0 Å². The van der Waals surface area contributed by atoms with Gasteiger partial charge in [0.15, 0.2) is 0 Å². The maximum Gasteiger partial charge on any atom is 0.104 e. The van der Waals surface area contributed by atoms with Crippen LogP contribution in [0.3, 0.4) is 0 Å². The second-order valence-electron chi connectivity index (χ2n) is 4.68. The van der Waals surface area contributed by atoms with E-state index in [0.29, 0.717) is 0 Å². The van der Waals surface area contributed by atoms with E-state index in [1.165, 1.54) is 10.0 Å². The molecule has 18 heavy (non-hydrogen) atoms. The molecule has 1 fully saturated rings. The Labute approximate surface area is 121 Å². The van der Waals surface area contributed by atoms with E-state index < -0.39 is 0 Å². The molecule has 0 aromatic heterocycles. The normalized spacial score (nSPS) is 19.4. The predicted octanol–water partition coefficient (Wildman–Crippen LogP) is 3.67. The molecule has 1 aliphatic heterocycles. The highest BCUT2D eigenvalue weighted by atomic mass is 79.9. The molecule has 0 saturated carbocycles. The SMILES string of the molecule is CSC1(C#N)CCN(Cc2ccccc2Br)CC1. The lowest BCUT2D eigenvalue weighted by atomic mass is 9.97. The third kappa shape index (κ3) is 3.09. The highest BCUT2D eigenvalue weighted by Gasteiger charge is 2.33. The average Bonchev–Trinajstić information content (AvgIpc) is 2.43. The summed E-state index contributed by atoms with van der Waals surface area (Å²) in [6.07, 6.45) is 3.98. The number of nitrogens with zero attached hydrogens (tertiary/aromatic N) is 2. The molecule has 0 unspecified atom stereocenters. The molecule has 0 N–H and O–H groups in total. The number of likely N-dealkylation sites (tertiary alicyclic amines) is 1. The topological polar surface area (TPSA) is 27.0 Å². The lowest BCUT2D eigenvalue weighted by Crippen LogP contribution is -2.41. The van der Waals surface area contributed by atoms with Gasteiger partial charge in [-0.2, -0.15) is 5.26 Å². The summed E-state index contributed by atoms with van der Waals surface area (Å²) in [6, 6.07) is 10.8. The monoisotopic (exact) mass is 324 g/mol. The van der Waals surface area contributed by atoms with E-state index in [1.807, 2.05) is 12.3 Å². The summed E-state index contributed by atoms with van der Waals surface area (Å²) in [5.74, 6) is 0. The molecule has 2 rings (SSSR count). The molecule has 1 aliphatic rings. The first-order valence-electron chi connectivity index (χ1n) is 6.11. The molecule has 2 nitrogen and oxygen atoms in total. The zero-order valence-corrected chi connectivity index (χ0v) is 12.9. The van der Waals surface area contributed by atoms with Crippen molar-refractivity contribution in [3.05, 3.63) is 34.3 Å². The van der Waals surface area contributed by atoms with Gasteiger partial charge in [-0.05, 0) is 30.7 Å². The zero-order valence-electron chi connectivity index (χ0n) is 10.5. The molecular formula is C14H17BrN2S. The molecule has 1 saturated heterocycles. The maximum absolute atomic E-state index is 9.26. The van der Waals surface area contributed by atoms with Gasteiger partial charge >= 0.3 is 0 Å². The molecular weight excluding hydrogens is 308 g/mol. The summed E-state index contributed by atoms with van der Waals surface area (Å²) in [5, 5.41) is 9.26. The van der Waals surface area contributed by atoms with Gasteiger partial charge in [-0.15, -0.1) is 11.8 Å². The Bertz CT molecular complexity index is 447. The van der Waals surface area contributed by atoms with Crippen LogP contribution in [-0.4, -0.2) is 29.0 Å². The Balaban J connectivity index is 1.96. The van der Waals surface area contributed by atoms with Crippen LogP contribution in [0.2, 0.25) is 0 Å². The van der Waals surface area contributed by atoms with Crippen LogP contribution in [0.4, 0.5) is 0 Å². The first-order valence-corrected chi connectivity index (χ1v) is 8.13. The number of nitriles is 1. The minimum absolute atomic E-state index is 0.148. The van der Waals surface area contributed by atoms with E-state index in [1.54, 1.807) is 11.8 Å². The van der Waals surface area contributed by atoms with Crippen molar-refractivity contribution < 1.29 is 0 Å². The fourth-order valence-electron chi connectivity index (χ4n) is 2.30. The summed E-state index contributed by atoms with van der Waals surface area (Å²) >= 11 is 5.30. The second-order valence-corrected chi connectivity index (χ2v) is 6.72. The summed E-state index contributed by atoms with van der Waals surface area (Å²) < 4.78 is 1.02. The van der Waals surface area contributed by atoms with Gasteiger partial charge in [-0.25, -0.2) is 0 Å². The quantitative estimate of drug-likeness (QED) is 0.848. The molecule has 1 aromatic carbocycles. The van der Waals surface area contributed by atoms with E-state index in [9.17, 15) is 5.26 Å². The first-order chi connectivity index (χ1) is 8.69. The van der Waals surface area contributed by atoms with Crippen LogP contribution < -0.4 is 0 Å². The van der Waals surface area contributed by atoms with Crippen LogP contribution in [0, 0.1) is 11.3 Å². The zero-order chi connectivity index (χ0) is 13.0. The first kappa shape index (κ1) is 13.9. The van der Waals surface area contributed by atoms with Gasteiger partial charge in [0.05, 0.1) is 6.07 Å². The van der Waals surface area contributed by atoms with E-state index in [2.05, 4.69) is 45.1 Å². The van der Waals surface area contributed by atoms with E-state index in [4.69, 9.17) is 0 Å². The molecule has 0 spiro atoms. The van der Waals surface area contributed by atoms with Crippen molar-refractivity contribution in [1.29, 1.82) is 5.26 Å². The second kappa shape index (κ2) is 6.10. The third-order valence-electron chi connectivity index (χ3n) is 3.61. The van der Waals surface area contributed by atoms with Gasteiger partial charge in [0, 0.05) is 24.1 Å². The molecule has 0 atom stereocenters. The van der Waals surface area contributed by atoms with Crippen molar-refractivity contribution in [2.24, 2.45) is 0 Å². The highest BCUT2D eigenvalue weighted by Crippen LogP contribution is 2.34. The van der Waals surface area contributed by atoms with Gasteiger partial charge in [0.25, 0.3) is 0 Å². The van der Waals surface area contributed by atoms with Gasteiger partial charge in [-0.1, -0.05) is 34.1 Å². The van der Waals surface area contributed by atoms with Crippen LogP contribution in [0.1, 0.15) is 18.4 Å². The lowest BCUT2D eigenvalue weighted by Gasteiger charge is -2.36. The van der Waals surface area contributed by atoms with E-state index in [0.717, 1.165) is 32.5 Å². The van der Waals surface area contributed by atoms with Crippen molar-refractivity contribution in [2.45, 2.75) is 24.1 Å². The highest BCUT2D eigenvalue weighted by molar-refractivity contribution is 9.10. The van der Waals surface area contributed by atoms with Gasteiger partial charge in [0.1, 0.15) is 4.75 Å². The molecule has 0 amide bonds. The molecule has 4 heteroatoms. The predicted molar refractivity (Wildman–Crippen MR) is 80.5 cm³/mol.